The van der Waals surface area contributed by atoms with E-state index in [0.717, 1.165) is 0 Å². The fourth-order valence-electron chi connectivity index (χ4n) is 0.939. The number of carbonyl (C=O) groups is 1. The average Bonchev–Trinajstić information content (AvgIpc) is 2.05. The first-order chi connectivity index (χ1) is 6.80. The van der Waals surface area contributed by atoms with Crippen molar-refractivity contribution in [3.63, 3.8) is 0 Å². The van der Waals surface area contributed by atoms with Gasteiger partial charge in [0.2, 0.25) is 5.91 Å². The van der Waals surface area contributed by atoms with Gasteiger partial charge in [-0.15, -0.1) is 0 Å². The Hall–Kier alpha value is -0.780. The Kier molecular flexibility index (Phi) is 3.59. The van der Waals surface area contributed by atoms with E-state index in [-0.39, 0.29) is 15.8 Å². The van der Waals surface area contributed by atoms with Crippen molar-refractivity contribution in [2.24, 2.45) is 0 Å². The van der Waals surface area contributed by atoms with Gasteiger partial charge in [-0.1, -0.05) is 11.6 Å². The maximum Gasteiger partial charge on any atom is 0.261 e. The van der Waals surface area contributed by atoms with Crippen LogP contribution < -0.4 is 5.32 Å². The molecule has 0 heterocycles. The molecule has 15 heavy (non-hydrogen) atoms. The second-order valence-electron chi connectivity index (χ2n) is 2.76. The summed E-state index contributed by atoms with van der Waals surface area (Å²) in [5.74, 6) is -0.293. The Labute approximate surface area is 96.6 Å². The molecule has 0 fully saturated rings. The molecule has 0 aliphatic rings. The summed E-state index contributed by atoms with van der Waals surface area (Å²) in [5, 5.41) is 2.56. The Balaban J connectivity index is 3.15. The van der Waals surface area contributed by atoms with Crippen LogP contribution in [0.1, 0.15) is 6.92 Å². The lowest BCUT2D eigenvalue weighted by atomic mass is 10.3. The first kappa shape index (κ1) is 12.3. The molecule has 0 radical (unpaired) electrons. The van der Waals surface area contributed by atoms with Crippen LogP contribution in [0.2, 0.25) is 5.02 Å². The van der Waals surface area contributed by atoms with E-state index in [4.69, 9.17) is 22.3 Å². The highest BCUT2D eigenvalue weighted by molar-refractivity contribution is 8.13. The number of hydrogen-bond acceptors (Lipinski definition) is 3. The highest BCUT2D eigenvalue weighted by Crippen LogP contribution is 2.26. The van der Waals surface area contributed by atoms with E-state index < -0.39 is 9.05 Å². The summed E-state index contributed by atoms with van der Waals surface area (Å²) in [5.41, 5.74) is 0.341. The SMILES string of the molecule is CC(=O)Nc1ccc(S(=O)(=O)Cl)cc1Cl. The molecule has 0 atom stereocenters. The van der Waals surface area contributed by atoms with E-state index >= 15 is 0 Å². The smallest absolute Gasteiger partial charge is 0.261 e. The molecular formula is C8H7Cl2NO3S. The fraction of sp³-hybridized carbons (Fsp3) is 0.125. The zero-order chi connectivity index (χ0) is 11.6. The van der Waals surface area contributed by atoms with Crippen molar-refractivity contribution >= 4 is 42.9 Å². The monoisotopic (exact) mass is 267 g/mol. The van der Waals surface area contributed by atoms with Crippen molar-refractivity contribution in [3.05, 3.63) is 23.2 Å². The van der Waals surface area contributed by atoms with Gasteiger partial charge in [0.15, 0.2) is 0 Å². The van der Waals surface area contributed by atoms with Crippen LogP contribution in [0.3, 0.4) is 0 Å². The van der Waals surface area contributed by atoms with Crippen LogP contribution in [0.25, 0.3) is 0 Å². The first-order valence-corrected chi connectivity index (χ1v) is 6.51. The largest absolute Gasteiger partial charge is 0.325 e. The Morgan fingerprint density at radius 2 is 2.00 bits per heavy atom. The van der Waals surface area contributed by atoms with Crippen LogP contribution in [0.5, 0.6) is 0 Å². The lowest BCUT2D eigenvalue weighted by Crippen LogP contribution is -2.06. The third-order valence-electron chi connectivity index (χ3n) is 1.53. The lowest BCUT2D eigenvalue weighted by Gasteiger charge is -2.05. The number of hydrogen-bond donors (Lipinski definition) is 1. The molecule has 0 aromatic heterocycles. The van der Waals surface area contributed by atoms with E-state index in [9.17, 15) is 13.2 Å². The second-order valence-corrected chi connectivity index (χ2v) is 5.73. The van der Waals surface area contributed by atoms with Crippen molar-refractivity contribution in [2.45, 2.75) is 11.8 Å². The fourth-order valence-corrected chi connectivity index (χ4v) is 2.01. The van der Waals surface area contributed by atoms with Crippen molar-refractivity contribution < 1.29 is 13.2 Å². The summed E-state index contributed by atoms with van der Waals surface area (Å²) in [4.78, 5) is 10.6. The maximum atomic E-state index is 10.9. The predicted molar refractivity (Wildman–Crippen MR) is 58.8 cm³/mol. The minimum absolute atomic E-state index is 0.108. The van der Waals surface area contributed by atoms with Crippen LogP contribution >= 0.6 is 22.3 Å². The number of carbonyl (C=O) groups excluding carboxylic acids is 1. The molecule has 1 rings (SSSR count). The highest BCUT2D eigenvalue weighted by Gasteiger charge is 2.12. The molecule has 1 N–H and O–H groups in total. The van der Waals surface area contributed by atoms with Crippen molar-refractivity contribution in [3.8, 4) is 0 Å². The molecular weight excluding hydrogens is 261 g/mol. The Bertz CT molecular complexity index is 499. The van der Waals surface area contributed by atoms with Gasteiger partial charge in [0, 0.05) is 17.6 Å². The number of anilines is 1. The first-order valence-electron chi connectivity index (χ1n) is 3.82. The predicted octanol–water partition coefficient (Wildman–Crippen LogP) is 2.23. The van der Waals surface area contributed by atoms with Crippen LogP contribution in [0.4, 0.5) is 5.69 Å². The summed E-state index contributed by atoms with van der Waals surface area (Å²) in [7, 11) is 1.32. The molecule has 7 heteroatoms. The number of halogens is 2. The summed E-state index contributed by atoms with van der Waals surface area (Å²) in [6.45, 7) is 1.32. The van der Waals surface area contributed by atoms with Crippen LogP contribution in [-0.2, 0) is 13.8 Å². The molecule has 0 bridgehead atoms. The summed E-state index contributed by atoms with van der Waals surface area (Å²) in [6.07, 6.45) is 0. The van der Waals surface area contributed by atoms with Crippen LogP contribution in [0, 0.1) is 0 Å². The summed E-state index contributed by atoms with van der Waals surface area (Å²) >= 11 is 5.74. The van der Waals surface area contributed by atoms with Gasteiger partial charge in [-0.05, 0) is 18.2 Å². The van der Waals surface area contributed by atoms with Crippen molar-refractivity contribution in [1.29, 1.82) is 0 Å². The van der Waals surface area contributed by atoms with Gasteiger partial charge in [0.05, 0.1) is 15.6 Å². The van der Waals surface area contributed by atoms with Gasteiger partial charge in [-0.3, -0.25) is 4.79 Å². The van der Waals surface area contributed by atoms with Gasteiger partial charge < -0.3 is 5.32 Å². The van der Waals surface area contributed by atoms with Gasteiger partial charge in [0.25, 0.3) is 9.05 Å². The molecule has 1 aromatic rings. The standard InChI is InChI=1S/C8H7Cl2NO3S/c1-5(12)11-8-3-2-6(4-7(8)9)15(10,13)14/h2-4H,1H3,(H,11,12). The number of amides is 1. The van der Waals surface area contributed by atoms with Crippen molar-refractivity contribution in [1.82, 2.24) is 0 Å². The Morgan fingerprint density at radius 1 is 1.40 bits per heavy atom. The van der Waals surface area contributed by atoms with Gasteiger partial charge >= 0.3 is 0 Å². The molecule has 1 aromatic carbocycles. The van der Waals surface area contributed by atoms with E-state index in [1.54, 1.807) is 0 Å². The van der Waals surface area contributed by atoms with E-state index in [0.29, 0.717) is 5.69 Å². The van der Waals surface area contributed by atoms with Gasteiger partial charge in [0.1, 0.15) is 0 Å². The minimum atomic E-state index is -3.80. The Morgan fingerprint density at radius 3 is 2.40 bits per heavy atom. The third kappa shape index (κ3) is 3.37. The third-order valence-corrected chi connectivity index (χ3v) is 3.20. The molecule has 0 unspecified atom stereocenters. The molecule has 0 aliphatic carbocycles. The average molecular weight is 268 g/mol. The lowest BCUT2D eigenvalue weighted by molar-refractivity contribution is -0.114. The summed E-state index contributed by atoms with van der Waals surface area (Å²) < 4.78 is 21.9. The minimum Gasteiger partial charge on any atom is -0.325 e. The number of rotatable bonds is 2. The molecule has 4 nitrogen and oxygen atoms in total. The normalized spacial score (nSPS) is 11.1. The van der Waals surface area contributed by atoms with Gasteiger partial charge in [-0.2, -0.15) is 0 Å². The van der Waals surface area contributed by atoms with Crippen LogP contribution in [-0.4, -0.2) is 14.3 Å². The molecule has 0 saturated heterocycles. The second kappa shape index (κ2) is 4.38. The zero-order valence-electron chi connectivity index (χ0n) is 7.62. The quantitative estimate of drug-likeness (QED) is 0.836. The number of nitrogens with one attached hydrogen (secondary N) is 1. The van der Waals surface area contributed by atoms with Crippen LogP contribution in [0.15, 0.2) is 23.1 Å². The maximum absolute atomic E-state index is 10.9. The van der Waals surface area contributed by atoms with Crippen molar-refractivity contribution in [2.75, 3.05) is 5.32 Å². The zero-order valence-corrected chi connectivity index (χ0v) is 9.95. The van der Waals surface area contributed by atoms with E-state index in [2.05, 4.69) is 5.32 Å². The van der Waals surface area contributed by atoms with Gasteiger partial charge in [-0.25, -0.2) is 8.42 Å². The number of benzene rings is 1. The molecule has 0 saturated carbocycles. The van der Waals surface area contributed by atoms with E-state index in [1.165, 1.54) is 25.1 Å². The molecule has 0 spiro atoms. The molecule has 1 amide bonds. The molecule has 82 valence electrons. The van der Waals surface area contributed by atoms with E-state index in [1.807, 2.05) is 0 Å². The summed E-state index contributed by atoms with van der Waals surface area (Å²) in [6, 6.07) is 3.81. The molecule has 0 aliphatic heterocycles. The topological polar surface area (TPSA) is 63.2 Å². The highest BCUT2D eigenvalue weighted by atomic mass is 35.7.